The van der Waals surface area contributed by atoms with Gasteiger partial charge in [-0.15, -0.1) is 0 Å². The Balaban J connectivity index is 1.25. The van der Waals surface area contributed by atoms with Crippen LogP contribution in [0.1, 0.15) is 38.5 Å². The first kappa shape index (κ1) is 24.1. The van der Waals surface area contributed by atoms with Crippen LogP contribution >= 0.6 is 0 Å². The molecule has 2 aromatic rings. The van der Waals surface area contributed by atoms with E-state index in [2.05, 4.69) is 29.6 Å². The van der Waals surface area contributed by atoms with Gasteiger partial charge in [-0.2, -0.15) is 4.72 Å². The van der Waals surface area contributed by atoms with Gasteiger partial charge in [0.05, 0.1) is 6.20 Å². The maximum atomic E-state index is 12.7. The molecule has 12 heteroatoms. The molecule has 1 saturated carbocycles. The number of carbonyl (C=O) groups excluding carboxylic acids is 1. The molecular weight excluding hydrogens is 462 g/mol. The molecule has 1 saturated heterocycles. The molecule has 11 nitrogen and oxygen atoms in total. The Hall–Kier alpha value is -2.99. The number of hydrogen-bond acceptors (Lipinski definition) is 8. The molecule has 3 heterocycles. The predicted octanol–water partition coefficient (Wildman–Crippen LogP) is 1.39. The first-order chi connectivity index (χ1) is 16.3. The Bertz CT molecular complexity index is 1070. The van der Waals surface area contributed by atoms with Crippen LogP contribution in [0.5, 0.6) is 0 Å². The smallest absolute Gasteiger partial charge is 0.323 e. The minimum Gasteiger partial charge on any atom is -0.480 e. The number of carbonyl (C=O) groups is 2. The second-order valence-electron chi connectivity index (χ2n) is 9.08. The van der Waals surface area contributed by atoms with Gasteiger partial charge in [0.15, 0.2) is 0 Å². The van der Waals surface area contributed by atoms with Gasteiger partial charge in [0.25, 0.3) is 0 Å². The fourth-order valence-electron chi connectivity index (χ4n) is 4.90. The quantitative estimate of drug-likeness (QED) is 0.497. The summed E-state index contributed by atoms with van der Waals surface area (Å²) in [5.41, 5.74) is 1.43. The normalized spacial score (nSPS) is 19.6. The van der Waals surface area contributed by atoms with Crippen LogP contribution in [0.15, 0.2) is 46.4 Å². The van der Waals surface area contributed by atoms with E-state index in [0.717, 1.165) is 64.1 Å². The highest BCUT2D eigenvalue weighted by atomic mass is 32.2. The highest BCUT2D eigenvalue weighted by Crippen LogP contribution is 2.46. The minimum absolute atomic E-state index is 0.201. The predicted molar refractivity (Wildman–Crippen MR) is 121 cm³/mol. The van der Waals surface area contributed by atoms with Crippen molar-refractivity contribution in [2.45, 2.75) is 49.5 Å². The second kappa shape index (κ2) is 10.1. The maximum Gasteiger partial charge on any atom is 0.323 e. The van der Waals surface area contributed by atoms with Crippen molar-refractivity contribution in [1.82, 2.24) is 20.2 Å². The van der Waals surface area contributed by atoms with Crippen LogP contribution in [0.25, 0.3) is 0 Å². The molecular formula is C22H29N5O6S. The van der Waals surface area contributed by atoms with Gasteiger partial charge in [-0.3, -0.25) is 14.6 Å². The third-order valence-corrected chi connectivity index (χ3v) is 8.48. The zero-order valence-corrected chi connectivity index (χ0v) is 19.5. The van der Waals surface area contributed by atoms with Gasteiger partial charge in [-0.25, -0.2) is 8.42 Å². The van der Waals surface area contributed by atoms with E-state index in [9.17, 15) is 23.1 Å². The Kier molecular flexibility index (Phi) is 7.17. The summed E-state index contributed by atoms with van der Waals surface area (Å²) in [4.78, 5) is 30.4. The molecule has 1 spiro atoms. The molecule has 1 aliphatic heterocycles. The number of pyridine rings is 1. The van der Waals surface area contributed by atoms with Gasteiger partial charge in [-0.1, -0.05) is 5.16 Å². The van der Waals surface area contributed by atoms with Gasteiger partial charge in [0.1, 0.15) is 17.2 Å². The number of nitrogens with zero attached hydrogens (tertiary/aromatic N) is 3. The molecule has 0 bridgehead atoms. The van der Waals surface area contributed by atoms with Crippen molar-refractivity contribution in [3.05, 3.63) is 37.0 Å². The summed E-state index contributed by atoms with van der Waals surface area (Å²) in [6.45, 7) is 1.61. The van der Waals surface area contributed by atoms with E-state index < -0.39 is 22.0 Å². The summed E-state index contributed by atoms with van der Waals surface area (Å²) in [5.74, 6) is -1.82. The lowest BCUT2D eigenvalue weighted by Crippen LogP contribution is -2.50. The van der Waals surface area contributed by atoms with Gasteiger partial charge in [-0.05, 0) is 56.1 Å². The number of carboxylic acid groups (broad SMARTS) is 1. The molecule has 2 aliphatic rings. The number of nitrogens with one attached hydrogen (secondary N) is 2. The van der Waals surface area contributed by atoms with Gasteiger partial charge < -0.3 is 19.8 Å². The Morgan fingerprint density at radius 1 is 1.18 bits per heavy atom. The number of rotatable bonds is 8. The zero-order valence-electron chi connectivity index (χ0n) is 18.7. The lowest BCUT2D eigenvalue weighted by molar-refractivity contribution is -0.139. The minimum atomic E-state index is -4.12. The zero-order chi connectivity index (χ0) is 24.2. The molecule has 1 aliphatic carbocycles. The van der Waals surface area contributed by atoms with Crippen molar-refractivity contribution in [3.8, 4) is 0 Å². The van der Waals surface area contributed by atoms with Gasteiger partial charge in [0.2, 0.25) is 15.9 Å². The van der Waals surface area contributed by atoms with Crippen molar-refractivity contribution in [2.24, 2.45) is 11.3 Å². The van der Waals surface area contributed by atoms with E-state index in [1.807, 2.05) is 12.1 Å². The van der Waals surface area contributed by atoms with Crippen LogP contribution in [0.3, 0.4) is 0 Å². The van der Waals surface area contributed by atoms with E-state index in [1.165, 1.54) is 5.69 Å². The lowest BCUT2D eigenvalue weighted by Gasteiger charge is -2.46. The number of piperidine rings is 1. The average molecular weight is 492 g/mol. The highest BCUT2D eigenvalue weighted by Gasteiger charge is 2.40. The van der Waals surface area contributed by atoms with Crippen LogP contribution in [0.2, 0.25) is 0 Å². The molecule has 3 N–H and O–H groups in total. The van der Waals surface area contributed by atoms with Crippen LogP contribution in [-0.2, 0) is 19.6 Å². The number of aliphatic carboxylic acids is 1. The Labute approximate surface area is 198 Å². The third kappa shape index (κ3) is 5.55. The number of anilines is 1. The van der Waals surface area contributed by atoms with Gasteiger partial charge in [0, 0.05) is 43.6 Å². The molecule has 1 amide bonds. The van der Waals surface area contributed by atoms with E-state index in [4.69, 9.17) is 0 Å². The Morgan fingerprint density at radius 3 is 2.44 bits per heavy atom. The van der Waals surface area contributed by atoms with Crippen molar-refractivity contribution in [1.29, 1.82) is 0 Å². The van der Waals surface area contributed by atoms with Crippen molar-refractivity contribution in [2.75, 3.05) is 24.5 Å². The first-order valence-corrected chi connectivity index (χ1v) is 12.8. The first-order valence-electron chi connectivity index (χ1n) is 11.4. The number of carboxylic acids is 1. The summed E-state index contributed by atoms with van der Waals surface area (Å²) in [6.07, 6.45) is 11.0. The molecule has 0 unspecified atom stereocenters. The number of aromatic nitrogens is 2. The molecule has 2 aromatic heterocycles. The molecule has 1 atom stereocenters. The molecule has 0 radical (unpaired) electrons. The summed E-state index contributed by atoms with van der Waals surface area (Å²) < 4.78 is 31.1. The monoisotopic (exact) mass is 491 g/mol. The van der Waals surface area contributed by atoms with Crippen molar-refractivity contribution < 1.29 is 27.6 Å². The fourth-order valence-corrected chi connectivity index (χ4v) is 5.94. The number of sulfonamides is 1. The Morgan fingerprint density at radius 2 is 1.85 bits per heavy atom. The number of hydrogen-bond donors (Lipinski definition) is 3. The van der Waals surface area contributed by atoms with E-state index in [1.54, 1.807) is 12.4 Å². The lowest BCUT2D eigenvalue weighted by atomic mass is 9.65. The molecule has 0 aromatic carbocycles. The van der Waals surface area contributed by atoms with Crippen molar-refractivity contribution in [3.63, 3.8) is 0 Å². The topological polar surface area (TPSA) is 155 Å². The largest absolute Gasteiger partial charge is 0.480 e. The number of amides is 1. The highest BCUT2D eigenvalue weighted by molar-refractivity contribution is 7.89. The maximum absolute atomic E-state index is 12.7. The molecule has 184 valence electrons. The van der Waals surface area contributed by atoms with Crippen LogP contribution in [0, 0.1) is 11.3 Å². The molecule has 34 heavy (non-hydrogen) atoms. The summed E-state index contributed by atoms with van der Waals surface area (Å²) in [7, 11) is -4.12. The summed E-state index contributed by atoms with van der Waals surface area (Å²) in [5, 5.41) is 15.3. The third-order valence-electron chi connectivity index (χ3n) is 7.06. The SMILES string of the molecule is O=C(NC[C@H](NS(=O)(=O)c1cnoc1)C(=O)O)C1CCC2(CC1)CCN(c1ccncc1)CC2. The molecule has 2 fully saturated rings. The van der Waals surface area contributed by atoms with E-state index in [-0.39, 0.29) is 28.7 Å². The summed E-state index contributed by atoms with van der Waals surface area (Å²) in [6, 6.07) is 2.54. The standard InChI is InChI=1S/C22H29N5O6S/c28-20(24-14-19(21(29)30)26-34(31,32)18-13-25-33-15-18)16-1-5-22(6-2-16)7-11-27(12-8-22)17-3-9-23-10-4-17/h3-4,9-10,13,15-16,19,26H,1-2,5-8,11-12,14H2,(H,24,28)(H,29,30)/t19-/m0/s1. The fraction of sp³-hybridized carbons (Fsp3) is 0.545. The summed E-state index contributed by atoms with van der Waals surface area (Å²) >= 11 is 0. The van der Waals surface area contributed by atoms with Gasteiger partial charge >= 0.3 is 5.97 Å². The van der Waals surface area contributed by atoms with Crippen LogP contribution in [0.4, 0.5) is 5.69 Å². The van der Waals surface area contributed by atoms with Crippen LogP contribution in [-0.4, -0.2) is 61.2 Å². The second-order valence-corrected chi connectivity index (χ2v) is 10.8. The van der Waals surface area contributed by atoms with Crippen LogP contribution < -0.4 is 14.9 Å². The van der Waals surface area contributed by atoms with E-state index >= 15 is 0 Å². The van der Waals surface area contributed by atoms with E-state index in [0.29, 0.717) is 0 Å². The molecule has 4 rings (SSSR count). The average Bonchev–Trinajstić information content (AvgIpc) is 3.39. The van der Waals surface area contributed by atoms with Crippen molar-refractivity contribution >= 4 is 27.6 Å².